The van der Waals surface area contributed by atoms with Crippen molar-refractivity contribution in [2.24, 2.45) is 0 Å². The third-order valence-corrected chi connectivity index (χ3v) is 4.35. The zero-order valence-electron chi connectivity index (χ0n) is 18.0. The van der Waals surface area contributed by atoms with E-state index in [2.05, 4.69) is 18.8 Å². The minimum Gasteiger partial charge on any atom is -0.497 e. The van der Waals surface area contributed by atoms with Gasteiger partial charge in [0.1, 0.15) is 11.9 Å². The number of methoxy groups -OCH3 is 1. The monoisotopic (exact) mass is 396 g/mol. The summed E-state index contributed by atoms with van der Waals surface area (Å²) in [6, 6.07) is 7.60. The minimum absolute atomic E-state index is 0.270. The molecular weight excluding hydrogens is 364 g/mol. The summed E-state index contributed by atoms with van der Waals surface area (Å²) in [5.41, 5.74) is 3.43. The molecule has 0 spiro atoms. The molecular formula is C24H32N2O3. The van der Waals surface area contributed by atoms with E-state index in [9.17, 15) is 4.79 Å². The average molecular weight is 397 g/mol. The zero-order valence-corrected chi connectivity index (χ0v) is 18.0. The van der Waals surface area contributed by atoms with Crippen molar-refractivity contribution in [2.75, 3.05) is 7.11 Å². The van der Waals surface area contributed by atoms with Crippen molar-refractivity contribution in [3.8, 4) is 5.75 Å². The second-order valence-corrected chi connectivity index (χ2v) is 6.51. The topological polar surface area (TPSA) is 71.4 Å². The Labute approximate surface area is 174 Å². The van der Waals surface area contributed by atoms with Crippen LogP contribution in [0.25, 0.3) is 5.57 Å². The fraction of sp³-hybridized carbons (Fsp3) is 0.333. The van der Waals surface area contributed by atoms with E-state index in [1.807, 2.05) is 43.3 Å². The summed E-state index contributed by atoms with van der Waals surface area (Å²) in [5.74, 6) is 0.755. The number of alkyl carbamates (subject to hydrolysis) is 1. The van der Waals surface area contributed by atoms with Gasteiger partial charge in [0.2, 0.25) is 0 Å². The standard InChI is InChI=1S/C24H32N2O3/c1-7-10-12-19(9-3)18(5)29-24(27)26-23(17(4)25)22(11-8-2)20-13-15-21(28-6)16-14-20/h7,9-10,12-16,18,25H,1,8,11H2,2-6H3,(H,26,27)/b12-10-,19-9+,23-22-,25-17?. The number of allylic oxidation sites excluding steroid dienone is 5. The summed E-state index contributed by atoms with van der Waals surface area (Å²) in [4.78, 5) is 12.5. The highest BCUT2D eigenvalue weighted by Gasteiger charge is 2.17. The maximum absolute atomic E-state index is 12.5. The Bertz CT molecular complexity index is 802. The molecule has 5 heteroatoms. The van der Waals surface area contributed by atoms with Crippen LogP contribution < -0.4 is 10.1 Å². The first-order valence-corrected chi connectivity index (χ1v) is 9.73. The van der Waals surface area contributed by atoms with E-state index < -0.39 is 12.2 Å². The van der Waals surface area contributed by atoms with Crippen molar-refractivity contribution < 1.29 is 14.3 Å². The molecule has 1 unspecified atom stereocenters. The second-order valence-electron chi connectivity index (χ2n) is 6.51. The van der Waals surface area contributed by atoms with Crippen molar-refractivity contribution in [1.29, 1.82) is 5.41 Å². The van der Waals surface area contributed by atoms with Crippen molar-refractivity contribution in [2.45, 2.75) is 46.6 Å². The summed E-state index contributed by atoms with van der Waals surface area (Å²) in [5, 5.41) is 11.0. The highest BCUT2D eigenvalue weighted by atomic mass is 16.6. The number of ether oxygens (including phenoxy) is 2. The van der Waals surface area contributed by atoms with Crippen molar-refractivity contribution >= 4 is 17.4 Å². The lowest BCUT2D eigenvalue weighted by atomic mass is 9.97. The van der Waals surface area contributed by atoms with Crippen LogP contribution in [0.15, 0.2) is 66.4 Å². The summed E-state index contributed by atoms with van der Waals surface area (Å²) in [6.45, 7) is 11.1. The predicted molar refractivity (Wildman–Crippen MR) is 120 cm³/mol. The number of carbonyl (C=O) groups is 1. The van der Waals surface area contributed by atoms with Crippen LogP contribution in [0.2, 0.25) is 0 Å². The molecule has 29 heavy (non-hydrogen) atoms. The highest BCUT2D eigenvalue weighted by molar-refractivity contribution is 6.05. The molecule has 0 aromatic heterocycles. The molecule has 1 aromatic carbocycles. The third-order valence-electron chi connectivity index (χ3n) is 4.35. The van der Waals surface area contributed by atoms with Gasteiger partial charge in [0.25, 0.3) is 0 Å². The smallest absolute Gasteiger partial charge is 0.412 e. The summed E-state index contributed by atoms with van der Waals surface area (Å²) < 4.78 is 10.7. The van der Waals surface area contributed by atoms with Gasteiger partial charge in [-0.05, 0) is 56.0 Å². The molecule has 0 aliphatic carbocycles. The minimum atomic E-state index is -0.590. The van der Waals surface area contributed by atoms with Gasteiger partial charge in [-0.3, -0.25) is 5.32 Å². The maximum Gasteiger partial charge on any atom is 0.412 e. The highest BCUT2D eigenvalue weighted by Crippen LogP contribution is 2.26. The fourth-order valence-corrected chi connectivity index (χ4v) is 2.86. The maximum atomic E-state index is 12.5. The molecule has 1 aromatic rings. The van der Waals surface area contributed by atoms with Gasteiger partial charge in [0.15, 0.2) is 0 Å². The summed E-state index contributed by atoms with van der Waals surface area (Å²) in [6.07, 6.45) is 7.77. The average Bonchev–Trinajstić information content (AvgIpc) is 2.71. The second kappa shape index (κ2) is 12.4. The fourth-order valence-electron chi connectivity index (χ4n) is 2.86. The van der Waals surface area contributed by atoms with Crippen LogP contribution in [0.3, 0.4) is 0 Å². The van der Waals surface area contributed by atoms with Gasteiger partial charge in [0.05, 0.1) is 18.5 Å². The number of hydrogen-bond acceptors (Lipinski definition) is 4. The van der Waals surface area contributed by atoms with Crippen LogP contribution in [-0.4, -0.2) is 25.0 Å². The van der Waals surface area contributed by atoms with Gasteiger partial charge in [-0.1, -0.05) is 56.4 Å². The van der Waals surface area contributed by atoms with E-state index in [4.69, 9.17) is 14.9 Å². The zero-order chi connectivity index (χ0) is 21.8. The number of carbonyl (C=O) groups excluding carboxylic acids is 1. The van der Waals surface area contributed by atoms with Crippen LogP contribution in [-0.2, 0) is 4.74 Å². The Morgan fingerprint density at radius 3 is 2.45 bits per heavy atom. The SMILES string of the molecule is C=C/C=C\C(=C/C)C(C)OC(=O)N/C(C(C)=N)=C(/CCC)c1ccc(OC)cc1. The lowest BCUT2D eigenvalue weighted by molar-refractivity contribution is 0.127. The lowest BCUT2D eigenvalue weighted by Gasteiger charge is -2.19. The first-order chi connectivity index (χ1) is 13.9. The van der Waals surface area contributed by atoms with Crippen molar-refractivity contribution in [3.63, 3.8) is 0 Å². The Hall–Kier alpha value is -3.08. The number of nitrogens with one attached hydrogen (secondary N) is 2. The molecule has 0 heterocycles. The van der Waals surface area contributed by atoms with Crippen LogP contribution in [0, 0.1) is 5.41 Å². The first kappa shape index (κ1) is 24.0. The normalized spacial score (nSPS) is 13.5. The Balaban J connectivity index is 3.14. The van der Waals surface area contributed by atoms with Gasteiger partial charge in [-0.2, -0.15) is 0 Å². The molecule has 0 saturated heterocycles. The van der Waals surface area contributed by atoms with Gasteiger partial charge in [-0.25, -0.2) is 4.79 Å². The van der Waals surface area contributed by atoms with Crippen molar-refractivity contribution in [3.05, 3.63) is 72.0 Å². The molecule has 0 saturated carbocycles. The summed E-state index contributed by atoms with van der Waals surface area (Å²) >= 11 is 0. The molecule has 0 bridgehead atoms. The Morgan fingerprint density at radius 2 is 1.97 bits per heavy atom. The van der Waals surface area contributed by atoms with Gasteiger partial charge >= 0.3 is 6.09 Å². The molecule has 0 aliphatic heterocycles. The number of rotatable bonds is 10. The van der Waals surface area contributed by atoms with E-state index in [-0.39, 0.29) is 5.71 Å². The lowest BCUT2D eigenvalue weighted by Crippen LogP contribution is -2.31. The molecule has 156 valence electrons. The third kappa shape index (κ3) is 7.45. The van der Waals surface area contributed by atoms with E-state index in [1.54, 1.807) is 33.1 Å². The molecule has 1 amide bonds. The Morgan fingerprint density at radius 1 is 1.31 bits per heavy atom. The van der Waals surface area contributed by atoms with Gasteiger partial charge in [0, 0.05) is 0 Å². The first-order valence-electron chi connectivity index (χ1n) is 9.73. The molecule has 0 aliphatic rings. The molecule has 1 atom stereocenters. The molecule has 0 fully saturated rings. The van der Waals surface area contributed by atoms with E-state index in [0.717, 1.165) is 35.3 Å². The predicted octanol–water partition coefficient (Wildman–Crippen LogP) is 6.05. The van der Waals surface area contributed by atoms with Crippen molar-refractivity contribution in [1.82, 2.24) is 5.32 Å². The summed E-state index contributed by atoms with van der Waals surface area (Å²) in [7, 11) is 1.62. The van der Waals surface area contributed by atoms with Gasteiger partial charge < -0.3 is 14.9 Å². The van der Waals surface area contributed by atoms with Crippen LogP contribution >= 0.6 is 0 Å². The number of benzene rings is 1. The molecule has 0 radical (unpaired) electrons. The van der Waals surface area contributed by atoms with Crippen LogP contribution in [0.5, 0.6) is 5.75 Å². The van der Waals surface area contributed by atoms with Gasteiger partial charge in [-0.15, -0.1) is 0 Å². The largest absolute Gasteiger partial charge is 0.497 e. The Kier molecular flexibility index (Phi) is 10.2. The quantitative estimate of drug-likeness (QED) is 0.373. The van der Waals surface area contributed by atoms with E-state index >= 15 is 0 Å². The molecule has 5 nitrogen and oxygen atoms in total. The number of amides is 1. The molecule has 1 rings (SSSR count). The van der Waals surface area contributed by atoms with E-state index in [1.165, 1.54) is 0 Å². The van der Waals surface area contributed by atoms with Crippen LogP contribution in [0.1, 0.15) is 46.1 Å². The van der Waals surface area contributed by atoms with E-state index in [0.29, 0.717) is 5.70 Å². The number of hydrogen-bond donors (Lipinski definition) is 2. The molecule has 2 N–H and O–H groups in total. The van der Waals surface area contributed by atoms with Crippen LogP contribution in [0.4, 0.5) is 4.79 Å².